The maximum atomic E-state index is 3.59. The second kappa shape index (κ2) is 4.78. The second-order valence-corrected chi connectivity index (χ2v) is 9.24. The lowest BCUT2D eigenvalue weighted by molar-refractivity contribution is 1.77. The monoisotopic (exact) mass is 446 g/mol. The zero-order chi connectivity index (χ0) is 14.8. The average molecular weight is 448 g/mol. The van der Waals surface area contributed by atoms with Crippen molar-refractivity contribution in [3.05, 3.63) is 57.5 Å². The molecule has 0 saturated carbocycles. The van der Waals surface area contributed by atoms with E-state index >= 15 is 0 Å². The summed E-state index contributed by atoms with van der Waals surface area (Å²) in [6.07, 6.45) is 0. The predicted molar refractivity (Wildman–Crippen MR) is 108 cm³/mol. The van der Waals surface area contributed by atoms with Gasteiger partial charge in [-0.2, -0.15) is 0 Å². The zero-order valence-electron chi connectivity index (χ0n) is 11.2. The third kappa shape index (κ3) is 1.84. The Labute approximate surface area is 151 Å². The van der Waals surface area contributed by atoms with Crippen molar-refractivity contribution in [2.45, 2.75) is 0 Å². The lowest BCUT2D eigenvalue weighted by atomic mass is 10.1. The highest BCUT2D eigenvalue weighted by molar-refractivity contribution is 9.10. The van der Waals surface area contributed by atoms with E-state index in [1.54, 1.807) is 0 Å². The van der Waals surface area contributed by atoms with Crippen LogP contribution in [0.4, 0.5) is 0 Å². The van der Waals surface area contributed by atoms with Crippen LogP contribution >= 0.6 is 54.5 Å². The van der Waals surface area contributed by atoms with Crippen molar-refractivity contribution in [3.63, 3.8) is 0 Å². The topological polar surface area (TPSA) is 0 Å². The normalized spacial score (nSPS) is 12.1. The zero-order valence-corrected chi connectivity index (χ0v) is 16.0. The summed E-state index contributed by atoms with van der Waals surface area (Å²) in [5.41, 5.74) is 0. The van der Waals surface area contributed by atoms with E-state index in [1.807, 2.05) is 22.7 Å². The summed E-state index contributed by atoms with van der Waals surface area (Å²) in [4.78, 5) is 0. The van der Waals surface area contributed by atoms with Gasteiger partial charge in [0.1, 0.15) is 0 Å². The molecule has 0 radical (unpaired) electrons. The number of benzene rings is 3. The fourth-order valence-corrected chi connectivity index (χ4v) is 6.24. The fraction of sp³-hybridized carbons (Fsp3) is 0. The van der Waals surface area contributed by atoms with Gasteiger partial charge in [0.2, 0.25) is 0 Å². The maximum absolute atomic E-state index is 3.59. The molecule has 5 rings (SSSR count). The number of fused-ring (bicyclic) bond motifs is 7. The van der Waals surface area contributed by atoms with Crippen LogP contribution in [0.2, 0.25) is 0 Å². The molecule has 4 heteroatoms. The molecule has 0 bridgehead atoms. The van der Waals surface area contributed by atoms with E-state index in [1.165, 1.54) is 40.3 Å². The summed E-state index contributed by atoms with van der Waals surface area (Å²) in [5, 5.41) is 5.41. The molecule has 0 fully saturated rings. The molecule has 0 atom stereocenters. The van der Waals surface area contributed by atoms with Crippen molar-refractivity contribution in [2.75, 3.05) is 0 Å². The minimum atomic E-state index is 1.14. The molecule has 5 aromatic rings. The quantitative estimate of drug-likeness (QED) is 0.226. The molecular formula is C18H8Br2S2. The molecule has 0 nitrogen and oxygen atoms in total. The van der Waals surface area contributed by atoms with Gasteiger partial charge in [0.05, 0.1) is 9.40 Å². The minimum Gasteiger partial charge on any atom is -0.134 e. The SMILES string of the molecule is Brc1ccc2sc3c(ccc4c5cc(Br)ccc5sc43)c2c1. The first-order chi connectivity index (χ1) is 10.7. The molecule has 106 valence electrons. The largest absolute Gasteiger partial charge is 0.134 e. The van der Waals surface area contributed by atoms with Crippen LogP contribution in [-0.4, -0.2) is 0 Å². The Balaban J connectivity index is 2.03. The van der Waals surface area contributed by atoms with Gasteiger partial charge in [-0.05, 0) is 36.4 Å². The Bertz CT molecular complexity index is 1100. The van der Waals surface area contributed by atoms with Crippen molar-refractivity contribution >= 4 is 94.9 Å². The van der Waals surface area contributed by atoms with E-state index in [9.17, 15) is 0 Å². The van der Waals surface area contributed by atoms with E-state index in [4.69, 9.17) is 0 Å². The summed E-state index contributed by atoms with van der Waals surface area (Å²) >= 11 is 11.0. The molecule has 0 saturated heterocycles. The summed E-state index contributed by atoms with van der Waals surface area (Å²) in [7, 11) is 0. The molecule has 2 heterocycles. The van der Waals surface area contributed by atoms with Crippen molar-refractivity contribution in [1.82, 2.24) is 0 Å². The first-order valence-electron chi connectivity index (χ1n) is 6.83. The Morgan fingerprint density at radius 3 is 1.45 bits per heavy atom. The molecule has 0 spiro atoms. The maximum Gasteiger partial charge on any atom is 0.0534 e. The molecule has 22 heavy (non-hydrogen) atoms. The molecule has 0 unspecified atom stereocenters. The Hall–Kier alpha value is -0.940. The van der Waals surface area contributed by atoms with Crippen LogP contribution in [0.15, 0.2) is 57.5 Å². The highest BCUT2D eigenvalue weighted by Gasteiger charge is 2.13. The highest BCUT2D eigenvalue weighted by Crippen LogP contribution is 2.45. The van der Waals surface area contributed by atoms with Crippen molar-refractivity contribution in [3.8, 4) is 0 Å². The summed E-state index contributed by atoms with van der Waals surface area (Å²) in [6.45, 7) is 0. The van der Waals surface area contributed by atoms with E-state index in [0.29, 0.717) is 0 Å². The number of halogens is 2. The molecule has 3 aromatic carbocycles. The van der Waals surface area contributed by atoms with Gasteiger partial charge in [-0.1, -0.05) is 44.0 Å². The van der Waals surface area contributed by atoms with Gasteiger partial charge < -0.3 is 0 Å². The minimum absolute atomic E-state index is 1.14. The molecule has 0 amide bonds. The average Bonchev–Trinajstić information content (AvgIpc) is 3.05. The second-order valence-electron chi connectivity index (χ2n) is 5.30. The van der Waals surface area contributed by atoms with Gasteiger partial charge >= 0.3 is 0 Å². The summed E-state index contributed by atoms with van der Waals surface area (Å²) in [5.74, 6) is 0. The van der Waals surface area contributed by atoms with E-state index in [-0.39, 0.29) is 0 Å². The number of rotatable bonds is 0. The van der Waals surface area contributed by atoms with Crippen LogP contribution in [0.5, 0.6) is 0 Å². The van der Waals surface area contributed by atoms with Crippen LogP contribution in [0.3, 0.4) is 0 Å². The van der Waals surface area contributed by atoms with E-state index in [0.717, 1.165) is 8.95 Å². The lowest BCUT2D eigenvalue weighted by Gasteiger charge is -1.95. The summed E-state index contributed by atoms with van der Waals surface area (Å²) < 4.78 is 7.79. The number of thiophene rings is 2. The molecule has 0 aliphatic rings. The molecule has 0 aliphatic carbocycles. The predicted octanol–water partition coefficient (Wildman–Crippen LogP) is 7.95. The van der Waals surface area contributed by atoms with Crippen LogP contribution in [-0.2, 0) is 0 Å². The van der Waals surface area contributed by atoms with Crippen molar-refractivity contribution in [1.29, 1.82) is 0 Å². The van der Waals surface area contributed by atoms with Crippen LogP contribution in [0, 0.1) is 0 Å². The van der Waals surface area contributed by atoms with Gasteiger partial charge in [-0.25, -0.2) is 0 Å². The molecule has 2 aromatic heterocycles. The van der Waals surface area contributed by atoms with Gasteiger partial charge in [-0.3, -0.25) is 0 Å². The standard InChI is InChI=1S/C18H8Br2S2/c19-9-1-5-15-13(7-9)11-3-4-12-14-8-10(20)2-6-16(14)22-18(12)17(11)21-15/h1-8H. The smallest absolute Gasteiger partial charge is 0.0534 e. The van der Waals surface area contributed by atoms with Crippen LogP contribution in [0.25, 0.3) is 40.3 Å². The number of hydrogen-bond acceptors (Lipinski definition) is 2. The van der Waals surface area contributed by atoms with E-state index in [2.05, 4.69) is 80.4 Å². The highest BCUT2D eigenvalue weighted by atomic mass is 79.9. The van der Waals surface area contributed by atoms with Gasteiger partial charge in [-0.15, -0.1) is 22.7 Å². The van der Waals surface area contributed by atoms with Gasteiger partial charge in [0.25, 0.3) is 0 Å². The summed E-state index contributed by atoms with van der Waals surface area (Å²) in [6, 6.07) is 17.7. The first kappa shape index (κ1) is 13.5. The van der Waals surface area contributed by atoms with Crippen molar-refractivity contribution < 1.29 is 0 Å². The van der Waals surface area contributed by atoms with Crippen molar-refractivity contribution in [2.24, 2.45) is 0 Å². The molecule has 0 aliphatic heterocycles. The Morgan fingerprint density at radius 2 is 1.00 bits per heavy atom. The van der Waals surface area contributed by atoms with Gasteiger partial charge in [0, 0.05) is 39.9 Å². The van der Waals surface area contributed by atoms with Crippen LogP contribution in [0.1, 0.15) is 0 Å². The fourth-order valence-electron chi connectivity index (χ4n) is 3.01. The van der Waals surface area contributed by atoms with Gasteiger partial charge in [0.15, 0.2) is 0 Å². The third-order valence-corrected chi connectivity index (χ3v) is 7.52. The Morgan fingerprint density at radius 1 is 0.545 bits per heavy atom. The van der Waals surface area contributed by atoms with E-state index < -0.39 is 0 Å². The van der Waals surface area contributed by atoms with Crippen LogP contribution < -0.4 is 0 Å². The first-order valence-corrected chi connectivity index (χ1v) is 10.1. The Kier molecular flexibility index (Phi) is 2.93. The third-order valence-electron chi connectivity index (χ3n) is 4.00. The molecular weight excluding hydrogens is 440 g/mol. The molecule has 0 N–H and O–H groups in total. The lowest BCUT2D eigenvalue weighted by Crippen LogP contribution is -1.69. The number of hydrogen-bond donors (Lipinski definition) is 0.